The highest BCUT2D eigenvalue weighted by Crippen LogP contribution is 2.23. The first-order chi connectivity index (χ1) is 11.5. The number of carbonyl (C=O) groups is 1. The van der Waals surface area contributed by atoms with Gasteiger partial charge in [-0.2, -0.15) is 5.10 Å². The van der Waals surface area contributed by atoms with Crippen molar-refractivity contribution in [2.24, 2.45) is 5.10 Å². The number of nitrogens with zero attached hydrogens (tertiary/aromatic N) is 2. The lowest BCUT2D eigenvalue weighted by Gasteiger charge is -2.20. The summed E-state index contributed by atoms with van der Waals surface area (Å²) in [6.45, 7) is 5.98. The van der Waals surface area contributed by atoms with Crippen LogP contribution in [0, 0.1) is 0 Å². The summed E-state index contributed by atoms with van der Waals surface area (Å²) in [4.78, 5) is 14.2. The number of aromatic hydroxyl groups is 2. The second-order valence-electron chi connectivity index (χ2n) is 5.17. The van der Waals surface area contributed by atoms with Gasteiger partial charge in [0.15, 0.2) is 11.5 Å². The number of benzene rings is 2. The van der Waals surface area contributed by atoms with E-state index in [1.54, 1.807) is 18.2 Å². The molecular weight excluding hydrogens is 306 g/mol. The van der Waals surface area contributed by atoms with Gasteiger partial charge >= 0.3 is 0 Å². The average molecular weight is 327 g/mol. The molecule has 0 bridgehead atoms. The first kappa shape index (κ1) is 17.3. The van der Waals surface area contributed by atoms with Gasteiger partial charge in [-0.25, -0.2) is 5.43 Å². The summed E-state index contributed by atoms with van der Waals surface area (Å²) in [5.41, 5.74) is 4.57. The van der Waals surface area contributed by atoms with Crippen LogP contribution in [0.1, 0.15) is 29.8 Å². The number of carbonyl (C=O) groups excluding carboxylic acids is 1. The van der Waals surface area contributed by atoms with Crippen LogP contribution in [0.25, 0.3) is 0 Å². The van der Waals surface area contributed by atoms with Crippen LogP contribution in [0.2, 0.25) is 0 Å². The zero-order valence-electron chi connectivity index (χ0n) is 13.7. The number of phenols is 2. The molecule has 0 aromatic heterocycles. The molecule has 2 aromatic carbocycles. The van der Waals surface area contributed by atoms with Crippen molar-refractivity contribution < 1.29 is 15.0 Å². The second kappa shape index (κ2) is 8.01. The maximum atomic E-state index is 12.0. The quantitative estimate of drug-likeness (QED) is 0.433. The van der Waals surface area contributed by atoms with E-state index in [0.29, 0.717) is 11.1 Å². The van der Waals surface area contributed by atoms with E-state index in [0.717, 1.165) is 18.8 Å². The molecule has 0 saturated heterocycles. The van der Waals surface area contributed by atoms with Gasteiger partial charge in [-0.3, -0.25) is 4.79 Å². The second-order valence-corrected chi connectivity index (χ2v) is 5.17. The largest absolute Gasteiger partial charge is 0.504 e. The average Bonchev–Trinajstić information content (AvgIpc) is 2.59. The number of amides is 1. The number of rotatable bonds is 6. The molecule has 126 valence electrons. The van der Waals surface area contributed by atoms with Crippen molar-refractivity contribution in [1.29, 1.82) is 0 Å². The molecule has 0 radical (unpaired) electrons. The van der Waals surface area contributed by atoms with Crippen LogP contribution in [0.4, 0.5) is 5.69 Å². The van der Waals surface area contributed by atoms with Crippen molar-refractivity contribution in [3.8, 4) is 11.5 Å². The predicted octanol–water partition coefficient (Wildman–Crippen LogP) is 2.71. The fourth-order valence-corrected chi connectivity index (χ4v) is 2.26. The molecule has 0 aliphatic heterocycles. The van der Waals surface area contributed by atoms with E-state index in [2.05, 4.69) is 29.3 Å². The third-order valence-electron chi connectivity index (χ3n) is 3.64. The SMILES string of the molecule is CCN(CC)c1ccc(C(=O)N/N=C/c2ccc(O)c(O)c2)cc1. The van der Waals surface area contributed by atoms with E-state index >= 15 is 0 Å². The van der Waals surface area contributed by atoms with E-state index in [9.17, 15) is 15.0 Å². The molecule has 0 fully saturated rings. The van der Waals surface area contributed by atoms with E-state index in [1.807, 2.05) is 12.1 Å². The maximum Gasteiger partial charge on any atom is 0.271 e. The van der Waals surface area contributed by atoms with Crippen LogP contribution in [-0.4, -0.2) is 35.4 Å². The summed E-state index contributed by atoms with van der Waals surface area (Å²) >= 11 is 0. The summed E-state index contributed by atoms with van der Waals surface area (Å²) in [5.74, 6) is -0.762. The van der Waals surface area contributed by atoms with Crippen molar-refractivity contribution in [2.45, 2.75) is 13.8 Å². The first-order valence-corrected chi connectivity index (χ1v) is 7.75. The van der Waals surface area contributed by atoms with Crippen molar-refractivity contribution in [3.63, 3.8) is 0 Å². The zero-order valence-corrected chi connectivity index (χ0v) is 13.7. The van der Waals surface area contributed by atoms with E-state index in [1.165, 1.54) is 18.3 Å². The summed E-state index contributed by atoms with van der Waals surface area (Å²) in [6.07, 6.45) is 1.39. The van der Waals surface area contributed by atoms with Gasteiger partial charge in [-0.05, 0) is 61.9 Å². The van der Waals surface area contributed by atoms with Gasteiger partial charge in [0, 0.05) is 24.3 Å². The summed E-state index contributed by atoms with van der Waals surface area (Å²) < 4.78 is 0. The molecule has 2 aromatic rings. The van der Waals surface area contributed by atoms with Gasteiger partial charge in [-0.15, -0.1) is 0 Å². The topological polar surface area (TPSA) is 85.2 Å². The Kier molecular flexibility index (Phi) is 5.78. The lowest BCUT2D eigenvalue weighted by molar-refractivity contribution is 0.0955. The van der Waals surface area contributed by atoms with Gasteiger partial charge in [-0.1, -0.05) is 0 Å². The molecule has 3 N–H and O–H groups in total. The maximum absolute atomic E-state index is 12.0. The number of phenolic OH excluding ortho intramolecular Hbond substituents is 2. The summed E-state index contributed by atoms with van der Waals surface area (Å²) in [5, 5.41) is 22.5. The van der Waals surface area contributed by atoms with Crippen molar-refractivity contribution in [3.05, 3.63) is 53.6 Å². The predicted molar refractivity (Wildman–Crippen MR) is 94.8 cm³/mol. The molecule has 0 atom stereocenters. The van der Waals surface area contributed by atoms with Crippen LogP contribution < -0.4 is 10.3 Å². The van der Waals surface area contributed by atoms with Crippen LogP contribution >= 0.6 is 0 Å². The monoisotopic (exact) mass is 327 g/mol. The van der Waals surface area contributed by atoms with Crippen LogP contribution in [-0.2, 0) is 0 Å². The number of hydrogen-bond donors (Lipinski definition) is 3. The minimum absolute atomic E-state index is 0.204. The van der Waals surface area contributed by atoms with Gasteiger partial charge in [0.1, 0.15) is 0 Å². The number of hydrazone groups is 1. The molecule has 2 rings (SSSR count). The van der Waals surface area contributed by atoms with Crippen LogP contribution in [0.5, 0.6) is 11.5 Å². The fourth-order valence-electron chi connectivity index (χ4n) is 2.26. The molecule has 0 aliphatic carbocycles. The van der Waals surface area contributed by atoms with Gasteiger partial charge in [0.2, 0.25) is 0 Å². The molecule has 0 unspecified atom stereocenters. The van der Waals surface area contributed by atoms with Crippen molar-refractivity contribution >= 4 is 17.8 Å². The summed E-state index contributed by atoms with van der Waals surface area (Å²) in [7, 11) is 0. The summed E-state index contributed by atoms with van der Waals surface area (Å²) in [6, 6.07) is 11.6. The van der Waals surface area contributed by atoms with E-state index in [-0.39, 0.29) is 17.4 Å². The Morgan fingerprint density at radius 1 is 1.08 bits per heavy atom. The fraction of sp³-hybridized carbons (Fsp3) is 0.222. The molecule has 0 heterocycles. The zero-order chi connectivity index (χ0) is 17.5. The van der Waals surface area contributed by atoms with Gasteiger partial charge in [0.05, 0.1) is 6.21 Å². The van der Waals surface area contributed by atoms with Gasteiger partial charge in [0.25, 0.3) is 5.91 Å². The molecule has 6 nitrogen and oxygen atoms in total. The van der Waals surface area contributed by atoms with E-state index < -0.39 is 0 Å². The highest BCUT2D eigenvalue weighted by Gasteiger charge is 2.06. The van der Waals surface area contributed by atoms with Gasteiger partial charge < -0.3 is 15.1 Å². The Labute approximate surface area is 141 Å². The smallest absolute Gasteiger partial charge is 0.271 e. The lowest BCUT2D eigenvalue weighted by atomic mass is 10.2. The first-order valence-electron chi connectivity index (χ1n) is 7.75. The highest BCUT2D eigenvalue weighted by molar-refractivity contribution is 5.95. The third kappa shape index (κ3) is 4.25. The lowest BCUT2D eigenvalue weighted by Crippen LogP contribution is -2.22. The van der Waals surface area contributed by atoms with Crippen molar-refractivity contribution in [2.75, 3.05) is 18.0 Å². The van der Waals surface area contributed by atoms with E-state index in [4.69, 9.17) is 0 Å². The Hall–Kier alpha value is -3.02. The van der Waals surface area contributed by atoms with Crippen LogP contribution in [0.15, 0.2) is 47.6 Å². The molecule has 0 spiro atoms. The molecule has 24 heavy (non-hydrogen) atoms. The Morgan fingerprint density at radius 3 is 2.33 bits per heavy atom. The number of anilines is 1. The standard InChI is InChI=1S/C18H21N3O3/c1-3-21(4-2)15-8-6-14(7-9-15)18(24)20-19-12-13-5-10-16(22)17(23)11-13/h5-12,22-23H,3-4H2,1-2H3,(H,20,24)/b19-12+. The normalized spacial score (nSPS) is 10.8. The Balaban J connectivity index is 1.99. The Bertz CT molecular complexity index is 723. The molecule has 6 heteroatoms. The number of hydrogen-bond acceptors (Lipinski definition) is 5. The molecule has 1 amide bonds. The molecule has 0 aliphatic rings. The van der Waals surface area contributed by atoms with Crippen LogP contribution in [0.3, 0.4) is 0 Å². The minimum atomic E-state index is -0.319. The Morgan fingerprint density at radius 2 is 1.75 bits per heavy atom. The molecular formula is C18H21N3O3. The minimum Gasteiger partial charge on any atom is -0.504 e. The molecule has 0 saturated carbocycles. The number of nitrogens with one attached hydrogen (secondary N) is 1. The highest BCUT2D eigenvalue weighted by atomic mass is 16.3. The third-order valence-corrected chi connectivity index (χ3v) is 3.64. The van der Waals surface area contributed by atoms with Crippen molar-refractivity contribution in [1.82, 2.24) is 5.43 Å².